The van der Waals surface area contributed by atoms with Crippen LogP contribution in [0.15, 0.2) is 33.4 Å². The molecule has 0 aliphatic carbocycles. The van der Waals surface area contributed by atoms with Gasteiger partial charge in [0.2, 0.25) is 0 Å². The van der Waals surface area contributed by atoms with Gasteiger partial charge in [-0.25, -0.2) is 0 Å². The van der Waals surface area contributed by atoms with Crippen molar-refractivity contribution in [3.8, 4) is 11.8 Å². The first-order chi connectivity index (χ1) is 9.10. The van der Waals surface area contributed by atoms with E-state index in [1.807, 2.05) is 19.2 Å². The third kappa shape index (κ3) is 3.58. The molecule has 0 aliphatic heterocycles. The third-order valence-corrected chi connectivity index (χ3v) is 3.17. The van der Waals surface area contributed by atoms with E-state index >= 15 is 0 Å². The van der Waals surface area contributed by atoms with Gasteiger partial charge in [0.25, 0.3) is 0 Å². The number of ether oxygens (including phenoxy) is 1. The molecule has 0 amide bonds. The smallest absolute Gasteiger partial charge is 0.399 e. The fourth-order valence-corrected chi connectivity index (χ4v) is 2.13. The molecule has 0 radical (unpaired) electrons. The summed E-state index contributed by atoms with van der Waals surface area (Å²) in [5.41, 5.74) is 1.93. The summed E-state index contributed by atoms with van der Waals surface area (Å²) < 4.78 is 12.1. The van der Waals surface area contributed by atoms with Gasteiger partial charge in [0.1, 0.15) is 12.0 Å². The lowest BCUT2D eigenvalue weighted by atomic mass is 10.0. The Kier molecular flexibility index (Phi) is 4.61. The number of halogens is 1. The Morgan fingerprint density at radius 2 is 2.21 bits per heavy atom. The van der Waals surface area contributed by atoms with E-state index in [9.17, 15) is 0 Å². The summed E-state index contributed by atoms with van der Waals surface area (Å²) in [6, 6.07) is 5.91. The molecule has 2 rings (SSSR count). The highest BCUT2D eigenvalue weighted by atomic mass is 79.9. The summed E-state index contributed by atoms with van der Waals surface area (Å²) in [6.45, 7) is 4.90. The molecule has 5 heteroatoms. The molecule has 0 fully saturated rings. The van der Waals surface area contributed by atoms with Crippen LogP contribution in [-0.4, -0.2) is 12.0 Å². The lowest BCUT2D eigenvalue weighted by molar-refractivity contribution is 0.327. The van der Waals surface area contributed by atoms with Crippen molar-refractivity contribution in [2.24, 2.45) is 0 Å². The highest BCUT2D eigenvalue weighted by molar-refractivity contribution is 9.10. The Morgan fingerprint density at radius 1 is 1.42 bits per heavy atom. The quantitative estimate of drug-likeness (QED) is 0.900. The van der Waals surface area contributed by atoms with Crippen LogP contribution in [0, 0.1) is 0 Å². The molecule has 0 unspecified atom stereocenters. The van der Waals surface area contributed by atoms with Gasteiger partial charge in [-0.05, 0) is 36.7 Å². The summed E-state index contributed by atoms with van der Waals surface area (Å²) in [7, 11) is 1.86. The molecule has 0 saturated carbocycles. The summed E-state index contributed by atoms with van der Waals surface area (Å²) in [5.74, 6) is 1.13. The molecule has 1 aromatic carbocycles. The number of hydrogen-bond acceptors (Lipinski definition) is 4. The minimum Gasteiger partial charge on any atom is -0.417 e. The van der Waals surface area contributed by atoms with E-state index in [2.05, 4.69) is 46.1 Å². The van der Waals surface area contributed by atoms with Crippen molar-refractivity contribution < 1.29 is 9.15 Å². The van der Waals surface area contributed by atoms with E-state index in [0.29, 0.717) is 12.5 Å². The number of aromatic nitrogens is 1. The normalized spacial score (nSPS) is 11.0. The van der Waals surface area contributed by atoms with E-state index in [4.69, 9.17) is 9.15 Å². The zero-order chi connectivity index (χ0) is 13.8. The maximum Gasteiger partial charge on any atom is 0.399 e. The lowest BCUT2D eigenvalue weighted by Crippen LogP contribution is -2.04. The van der Waals surface area contributed by atoms with Crippen molar-refractivity contribution in [3.63, 3.8) is 0 Å². The largest absolute Gasteiger partial charge is 0.417 e. The number of oxazole rings is 1. The molecular weight excluding hydrogens is 308 g/mol. The van der Waals surface area contributed by atoms with Gasteiger partial charge in [-0.1, -0.05) is 29.8 Å². The van der Waals surface area contributed by atoms with Gasteiger partial charge < -0.3 is 14.5 Å². The van der Waals surface area contributed by atoms with Crippen molar-refractivity contribution in [3.05, 3.63) is 40.2 Å². The predicted octanol–water partition coefficient (Wildman–Crippen LogP) is 4.07. The van der Waals surface area contributed by atoms with E-state index in [-0.39, 0.29) is 6.08 Å². The molecule has 1 heterocycles. The molecule has 0 aliphatic rings. The summed E-state index contributed by atoms with van der Waals surface area (Å²) >= 11 is 3.47. The first kappa shape index (κ1) is 14.1. The van der Waals surface area contributed by atoms with Crippen LogP contribution in [0.3, 0.4) is 0 Å². The average molecular weight is 325 g/mol. The fraction of sp³-hybridized carbons (Fsp3) is 0.357. The third-order valence-electron chi connectivity index (χ3n) is 2.68. The second-order valence-electron chi connectivity index (χ2n) is 4.57. The lowest BCUT2D eigenvalue weighted by Gasteiger charge is -2.11. The molecule has 4 nitrogen and oxygen atoms in total. The van der Waals surface area contributed by atoms with E-state index < -0.39 is 0 Å². The molecule has 0 saturated heterocycles. The van der Waals surface area contributed by atoms with Crippen molar-refractivity contribution in [1.82, 2.24) is 10.3 Å². The predicted molar refractivity (Wildman–Crippen MR) is 77.6 cm³/mol. The van der Waals surface area contributed by atoms with Gasteiger partial charge in [-0.3, -0.25) is 0 Å². The van der Waals surface area contributed by atoms with Crippen LogP contribution in [0.5, 0.6) is 11.8 Å². The van der Waals surface area contributed by atoms with Crippen LogP contribution in [0.4, 0.5) is 0 Å². The van der Waals surface area contributed by atoms with E-state index in [1.54, 1.807) is 6.26 Å². The van der Waals surface area contributed by atoms with Gasteiger partial charge in [0, 0.05) is 11.0 Å². The van der Waals surface area contributed by atoms with E-state index in [1.165, 1.54) is 0 Å². The number of rotatable bonds is 5. The number of hydrogen-bond donors (Lipinski definition) is 1. The second kappa shape index (κ2) is 6.21. The summed E-state index contributed by atoms with van der Waals surface area (Å²) in [4.78, 5) is 4.26. The zero-order valence-corrected chi connectivity index (χ0v) is 12.8. The van der Waals surface area contributed by atoms with Gasteiger partial charge in [0.05, 0.1) is 5.69 Å². The topological polar surface area (TPSA) is 47.3 Å². The maximum absolute atomic E-state index is 5.73. The van der Waals surface area contributed by atoms with Crippen molar-refractivity contribution in [2.45, 2.75) is 26.3 Å². The van der Waals surface area contributed by atoms with Gasteiger partial charge in [0.15, 0.2) is 0 Å². The molecule has 102 valence electrons. The SMILES string of the molecule is CNCc1coc(Oc2ccc(Br)cc2C(C)C)n1. The number of nitrogens with one attached hydrogen (secondary N) is 1. The molecule has 1 aromatic heterocycles. The Balaban J connectivity index is 2.22. The minimum atomic E-state index is 0.273. The van der Waals surface area contributed by atoms with Gasteiger partial charge in [-0.15, -0.1) is 0 Å². The van der Waals surface area contributed by atoms with Crippen LogP contribution in [0.1, 0.15) is 31.0 Å². The highest BCUT2D eigenvalue weighted by Gasteiger charge is 2.12. The average Bonchev–Trinajstić information content (AvgIpc) is 2.79. The van der Waals surface area contributed by atoms with Crippen LogP contribution in [0.2, 0.25) is 0 Å². The standard InChI is InChI=1S/C14H17BrN2O2/c1-9(2)12-6-10(15)4-5-13(12)19-14-17-11(7-16-3)8-18-14/h4-6,8-9,16H,7H2,1-3H3. The zero-order valence-electron chi connectivity index (χ0n) is 11.2. The molecule has 2 aromatic rings. The molecule has 0 spiro atoms. The summed E-state index contributed by atoms with van der Waals surface area (Å²) in [5, 5.41) is 3.01. The van der Waals surface area contributed by atoms with Crippen LogP contribution in [-0.2, 0) is 6.54 Å². The molecular formula is C14H17BrN2O2. The molecule has 0 atom stereocenters. The first-order valence-electron chi connectivity index (χ1n) is 6.16. The molecule has 0 bridgehead atoms. The second-order valence-corrected chi connectivity index (χ2v) is 5.49. The molecule has 19 heavy (non-hydrogen) atoms. The summed E-state index contributed by atoms with van der Waals surface area (Å²) in [6.07, 6.45) is 1.87. The van der Waals surface area contributed by atoms with Crippen LogP contribution >= 0.6 is 15.9 Å². The minimum absolute atomic E-state index is 0.273. The fourth-order valence-electron chi connectivity index (χ4n) is 1.76. The van der Waals surface area contributed by atoms with Gasteiger partial charge in [-0.2, -0.15) is 4.98 Å². The Bertz CT molecular complexity index is 552. The van der Waals surface area contributed by atoms with Crippen LogP contribution < -0.4 is 10.1 Å². The first-order valence-corrected chi connectivity index (χ1v) is 6.95. The van der Waals surface area contributed by atoms with E-state index in [0.717, 1.165) is 21.5 Å². The maximum atomic E-state index is 5.73. The van der Waals surface area contributed by atoms with Crippen LogP contribution in [0.25, 0.3) is 0 Å². The van der Waals surface area contributed by atoms with Crippen molar-refractivity contribution >= 4 is 15.9 Å². The number of benzene rings is 1. The Hall–Kier alpha value is -1.33. The monoisotopic (exact) mass is 324 g/mol. The Morgan fingerprint density at radius 3 is 2.89 bits per heavy atom. The van der Waals surface area contributed by atoms with Gasteiger partial charge >= 0.3 is 6.08 Å². The number of nitrogens with zero attached hydrogens (tertiary/aromatic N) is 1. The van der Waals surface area contributed by atoms with Crippen molar-refractivity contribution in [1.29, 1.82) is 0 Å². The highest BCUT2D eigenvalue weighted by Crippen LogP contribution is 2.32. The van der Waals surface area contributed by atoms with Crippen molar-refractivity contribution in [2.75, 3.05) is 7.05 Å². The Labute approximate surface area is 121 Å². The molecule has 1 N–H and O–H groups in total.